The molecule has 21 heavy (non-hydrogen) atoms. The van der Waals surface area contributed by atoms with E-state index in [1.807, 2.05) is 14.0 Å². The number of hydrogen-bond donors (Lipinski definition) is 0. The van der Waals surface area contributed by atoms with Crippen LogP contribution in [0.25, 0.3) is 11.4 Å². The van der Waals surface area contributed by atoms with Crippen molar-refractivity contribution in [1.29, 1.82) is 0 Å². The molecule has 2 aromatic heterocycles. The van der Waals surface area contributed by atoms with Gasteiger partial charge in [-0.15, -0.1) is 0 Å². The summed E-state index contributed by atoms with van der Waals surface area (Å²) in [5.41, 5.74) is 0.534. The van der Waals surface area contributed by atoms with Gasteiger partial charge in [0.1, 0.15) is 6.10 Å². The van der Waals surface area contributed by atoms with Crippen LogP contribution in [0.4, 0.5) is 0 Å². The highest BCUT2D eigenvalue weighted by Crippen LogP contribution is 2.25. The highest BCUT2D eigenvalue weighted by atomic mass is 16.5. The Morgan fingerprint density at radius 2 is 2.14 bits per heavy atom. The fraction of sp³-hybridized carbons (Fsp3) is 0.500. The maximum absolute atomic E-state index is 11.7. The molecule has 3 heterocycles. The number of rotatable bonds is 2. The zero-order chi connectivity index (χ0) is 15.0. The van der Waals surface area contributed by atoms with Crippen molar-refractivity contribution >= 4 is 0 Å². The van der Waals surface area contributed by atoms with Gasteiger partial charge < -0.3 is 18.7 Å². The third kappa shape index (κ3) is 2.88. The third-order valence-electron chi connectivity index (χ3n) is 3.52. The predicted octanol–water partition coefficient (Wildman–Crippen LogP) is 0.827. The van der Waals surface area contributed by atoms with Crippen LogP contribution in [0.2, 0.25) is 0 Å². The standard InChI is InChI=1S/C14H18N4O3/c1-9-7-17(2)8-11(20-9)14-15-13(16-21-14)10-4-5-18(3)12(19)6-10/h4-6,9,11H,7-8H2,1-3H3/t9-,11-/m1/s1. The first-order valence-electron chi connectivity index (χ1n) is 6.87. The van der Waals surface area contributed by atoms with Crippen molar-refractivity contribution < 1.29 is 9.26 Å². The summed E-state index contributed by atoms with van der Waals surface area (Å²) in [6, 6.07) is 3.28. The fourth-order valence-electron chi connectivity index (χ4n) is 2.47. The van der Waals surface area contributed by atoms with Crippen LogP contribution in [-0.4, -0.2) is 45.8 Å². The van der Waals surface area contributed by atoms with E-state index in [2.05, 4.69) is 15.0 Å². The van der Waals surface area contributed by atoms with Gasteiger partial charge in [-0.1, -0.05) is 5.16 Å². The van der Waals surface area contributed by atoms with Crippen molar-refractivity contribution in [2.24, 2.45) is 7.05 Å². The fourth-order valence-corrected chi connectivity index (χ4v) is 2.47. The first-order chi connectivity index (χ1) is 10.0. The van der Waals surface area contributed by atoms with Crippen LogP contribution < -0.4 is 5.56 Å². The Kier molecular flexibility index (Phi) is 3.60. The number of hydrogen-bond acceptors (Lipinski definition) is 6. The summed E-state index contributed by atoms with van der Waals surface area (Å²) in [6.45, 7) is 3.61. The van der Waals surface area contributed by atoms with Crippen molar-refractivity contribution in [2.75, 3.05) is 20.1 Å². The lowest BCUT2D eigenvalue weighted by atomic mass is 10.2. The summed E-state index contributed by atoms with van der Waals surface area (Å²) >= 11 is 0. The van der Waals surface area contributed by atoms with Gasteiger partial charge in [0, 0.05) is 38.0 Å². The molecule has 2 atom stereocenters. The van der Waals surface area contributed by atoms with E-state index in [0.717, 1.165) is 6.54 Å². The van der Waals surface area contributed by atoms with Crippen LogP contribution in [0.5, 0.6) is 0 Å². The molecule has 0 bridgehead atoms. The van der Waals surface area contributed by atoms with Crippen LogP contribution >= 0.6 is 0 Å². The Hall–Kier alpha value is -1.99. The Balaban J connectivity index is 1.86. The zero-order valence-electron chi connectivity index (χ0n) is 12.3. The molecule has 1 saturated heterocycles. The molecule has 7 heteroatoms. The molecule has 7 nitrogen and oxygen atoms in total. The number of nitrogens with zero attached hydrogens (tertiary/aromatic N) is 4. The Morgan fingerprint density at radius 1 is 1.33 bits per heavy atom. The molecule has 1 fully saturated rings. The van der Waals surface area contributed by atoms with Crippen molar-refractivity contribution in [1.82, 2.24) is 19.6 Å². The molecule has 2 aromatic rings. The quantitative estimate of drug-likeness (QED) is 0.815. The highest BCUT2D eigenvalue weighted by molar-refractivity contribution is 5.52. The van der Waals surface area contributed by atoms with E-state index in [0.29, 0.717) is 23.8 Å². The highest BCUT2D eigenvalue weighted by Gasteiger charge is 2.28. The lowest BCUT2D eigenvalue weighted by molar-refractivity contribution is -0.0838. The molecule has 0 amide bonds. The largest absolute Gasteiger partial charge is 0.363 e. The summed E-state index contributed by atoms with van der Waals surface area (Å²) in [5.74, 6) is 0.858. The Morgan fingerprint density at radius 3 is 2.86 bits per heavy atom. The SMILES string of the molecule is C[C@@H]1CN(C)C[C@H](c2nc(-c3ccn(C)c(=O)c3)no2)O1. The zero-order valence-corrected chi connectivity index (χ0v) is 12.3. The van der Waals surface area contributed by atoms with E-state index in [-0.39, 0.29) is 17.8 Å². The lowest BCUT2D eigenvalue weighted by Crippen LogP contribution is -2.40. The first-order valence-corrected chi connectivity index (χ1v) is 6.87. The Labute approximate surface area is 122 Å². The van der Waals surface area contributed by atoms with Crippen molar-refractivity contribution in [2.45, 2.75) is 19.1 Å². The molecule has 0 aromatic carbocycles. The summed E-state index contributed by atoms with van der Waals surface area (Å²) < 4.78 is 12.6. The van der Waals surface area contributed by atoms with Crippen LogP contribution in [0.15, 0.2) is 27.6 Å². The van der Waals surface area contributed by atoms with Crippen LogP contribution in [-0.2, 0) is 11.8 Å². The topological polar surface area (TPSA) is 73.4 Å². The average molecular weight is 290 g/mol. The molecule has 112 valence electrons. The number of likely N-dealkylation sites (N-methyl/N-ethyl adjacent to an activating group) is 1. The van der Waals surface area contributed by atoms with Gasteiger partial charge in [-0.3, -0.25) is 4.79 Å². The van der Waals surface area contributed by atoms with Gasteiger partial charge in [0.15, 0.2) is 0 Å². The average Bonchev–Trinajstić information content (AvgIpc) is 2.90. The third-order valence-corrected chi connectivity index (χ3v) is 3.52. The molecule has 0 spiro atoms. The van der Waals surface area contributed by atoms with E-state index >= 15 is 0 Å². The number of aromatic nitrogens is 3. The molecule has 0 radical (unpaired) electrons. The van der Waals surface area contributed by atoms with Gasteiger partial charge in [0.2, 0.25) is 5.82 Å². The van der Waals surface area contributed by atoms with Gasteiger partial charge in [0.25, 0.3) is 11.4 Å². The summed E-state index contributed by atoms with van der Waals surface area (Å²) in [6.07, 6.45) is 1.57. The molecule has 0 unspecified atom stereocenters. The molecule has 3 rings (SSSR count). The molecule has 0 aliphatic carbocycles. The molecule has 0 saturated carbocycles. The van der Waals surface area contributed by atoms with Crippen molar-refractivity contribution in [3.8, 4) is 11.4 Å². The predicted molar refractivity (Wildman–Crippen MR) is 75.8 cm³/mol. The van der Waals surface area contributed by atoms with Crippen molar-refractivity contribution in [3.63, 3.8) is 0 Å². The Bertz CT molecular complexity index is 684. The van der Waals surface area contributed by atoms with E-state index in [1.54, 1.807) is 19.3 Å². The summed E-state index contributed by atoms with van der Waals surface area (Å²) in [7, 11) is 3.73. The summed E-state index contributed by atoms with van der Waals surface area (Å²) in [5, 5.41) is 3.95. The maximum Gasteiger partial charge on any atom is 0.257 e. The van der Waals surface area contributed by atoms with Crippen molar-refractivity contribution in [3.05, 3.63) is 34.6 Å². The van der Waals surface area contributed by atoms with Gasteiger partial charge in [-0.2, -0.15) is 4.98 Å². The van der Waals surface area contributed by atoms with Gasteiger partial charge in [0.05, 0.1) is 6.10 Å². The van der Waals surface area contributed by atoms with E-state index < -0.39 is 0 Å². The number of aryl methyl sites for hydroxylation is 1. The van der Waals surface area contributed by atoms with E-state index in [4.69, 9.17) is 9.26 Å². The summed E-state index contributed by atoms with van der Waals surface area (Å²) in [4.78, 5) is 18.2. The van der Waals surface area contributed by atoms with Crippen LogP contribution in [0.1, 0.15) is 18.9 Å². The minimum Gasteiger partial charge on any atom is -0.363 e. The van der Waals surface area contributed by atoms with Gasteiger partial charge in [-0.25, -0.2) is 0 Å². The minimum absolute atomic E-state index is 0.110. The number of pyridine rings is 1. The van der Waals surface area contributed by atoms with Crippen LogP contribution in [0, 0.1) is 0 Å². The first kappa shape index (κ1) is 14.0. The van der Waals surface area contributed by atoms with Crippen LogP contribution in [0.3, 0.4) is 0 Å². The molecule has 1 aliphatic heterocycles. The second kappa shape index (κ2) is 5.42. The van der Waals surface area contributed by atoms with E-state index in [1.165, 1.54) is 10.6 Å². The monoisotopic (exact) mass is 290 g/mol. The van der Waals surface area contributed by atoms with E-state index in [9.17, 15) is 4.79 Å². The second-order valence-electron chi connectivity index (χ2n) is 5.48. The molecule has 0 N–H and O–H groups in total. The smallest absolute Gasteiger partial charge is 0.257 e. The minimum atomic E-state index is -0.230. The normalized spacial score (nSPS) is 23.4. The lowest BCUT2D eigenvalue weighted by Gasteiger charge is -2.32. The second-order valence-corrected chi connectivity index (χ2v) is 5.48. The molecular formula is C14H18N4O3. The molecular weight excluding hydrogens is 272 g/mol. The maximum atomic E-state index is 11.7. The number of ether oxygens (including phenoxy) is 1. The number of morpholine rings is 1. The van der Waals surface area contributed by atoms with Gasteiger partial charge >= 0.3 is 0 Å². The molecule has 1 aliphatic rings. The van der Waals surface area contributed by atoms with Gasteiger partial charge in [-0.05, 0) is 20.0 Å².